The smallest absolute Gasteiger partial charge is 0.167 e. The fraction of sp³-hybridized carbons (Fsp3) is 0.294. The number of hydrogen-bond acceptors (Lipinski definition) is 2. The van der Waals surface area contributed by atoms with Gasteiger partial charge in [-0.2, -0.15) is 0 Å². The standard InChI is InChI=1S/C17H18INO/c1-17(2,3)14-6-4-12(5-7-14)16(20)10-13-8-9-19-11-15(13)18/h4-9,11H,10H2,1-3H3. The zero-order chi connectivity index (χ0) is 14.8. The van der Waals surface area contributed by atoms with E-state index in [1.54, 1.807) is 12.4 Å². The van der Waals surface area contributed by atoms with Gasteiger partial charge in [0.2, 0.25) is 0 Å². The van der Waals surface area contributed by atoms with Gasteiger partial charge in [-0.25, -0.2) is 0 Å². The Balaban J connectivity index is 2.16. The molecule has 0 bridgehead atoms. The number of carbonyl (C=O) groups is 1. The van der Waals surface area contributed by atoms with Crippen LogP contribution in [-0.2, 0) is 11.8 Å². The molecule has 0 spiro atoms. The minimum atomic E-state index is 0.113. The van der Waals surface area contributed by atoms with Crippen molar-refractivity contribution in [1.82, 2.24) is 4.98 Å². The number of halogens is 1. The monoisotopic (exact) mass is 379 g/mol. The lowest BCUT2D eigenvalue weighted by Gasteiger charge is -2.19. The molecule has 0 aliphatic rings. The number of carbonyl (C=O) groups excluding carboxylic acids is 1. The maximum atomic E-state index is 12.3. The summed E-state index contributed by atoms with van der Waals surface area (Å²) in [6.45, 7) is 6.51. The van der Waals surface area contributed by atoms with Crippen molar-refractivity contribution in [2.75, 3.05) is 0 Å². The molecule has 104 valence electrons. The molecule has 0 saturated heterocycles. The maximum absolute atomic E-state index is 12.3. The Kier molecular flexibility index (Phi) is 4.58. The van der Waals surface area contributed by atoms with Gasteiger partial charge in [0.25, 0.3) is 0 Å². The highest BCUT2D eigenvalue weighted by Gasteiger charge is 2.14. The summed E-state index contributed by atoms with van der Waals surface area (Å²) in [6.07, 6.45) is 3.94. The summed E-state index contributed by atoms with van der Waals surface area (Å²) in [4.78, 5) is 16.3. The molecule has 0 aliphatic heterocycles. The average Bonchev–Trinajstić information content (AvgIpc) is 2.40. The Hall–Kier alpha value is -1.23. The van der Waals surface area contributed by atoms with Gasteiger partial charge in [0.05, 0.1) is 0 Å². The van der Waals surface area contributed by atoms with Gasteiger partial charge < -0.3 is 0 Å². The number of aromatic nitrogens is 1. The molecule has 0 fully saturated rings. The van der Waals surface area contributed by atoms with Crippen molar-refractivity contribution in [1.29, 1.82) is 0 Å². The van der Waals surface area contributed by atoms with Crippen molar-refractivity contribution < 1.29 is 4.79 Å². The SMILES string of the molecule is CC(C)(C)c1ccc(C(=O)Cc2ccncc2I)cc1. The van der Waals surface area contributed by atoms with Gasteiger partial charge >= 0.3 is 0 Å². The molecule has 0 atom stereocenters. The predicted molar refractivity (Wildman–Crippen MR) is 90.1 cm³/mol. The number of nitrogens with zero attached hydrogens (tertiary/aromatic N) is 1. The largest absolute Gasteiger partial charge is 0.294 e. The summed E-state index contributed by atoms with van der Waals surface area (Å²) >= 11 is 2.21. The van der Waals surface area contributed by atoms with E-state index in [-0.39, 0.29) is 11.2 Å². The number of rotatable bonds is 3. The Morgan fingerprint density at radius 3 is 2.35 bits per heavy atom. The van der Waals surface area contributed by atoms with E-state index in [0.717, 1.165) is 14.7 Å². The fourth-order valence-electron chi connectivity index (χ4n) is 1.98. The summed E-state index contributed by atoms with van der Waals surface area (Å²) in [5, 5.41) is 0. The Bertz CT molecular complexity index is 612. The quantitative estimate of drug-likeness (QED) is 0.584. The van der Waals surface area contributed by atoms with E-state index in [1.165, 1.54) is 5.56 Å². The molecule has 0 saturated carbocycles. The molecule has 20 heavy (non-hydrogen) atoms. The second-order valence-electron chi connectivity index (χ2n) is 5.89. The molecule has 0 unspecified atom stereocenters. The highest BCUT2D eigenvalue weighted by molar-refractivity contribution is 14.1. The van der Waals surface area contributed by atoms with E-state index in [0.29, 0.717) is 6.42 Å². The third-order valence-electron chi connectivity index (χ3n) is 3.28. The predicted octanol–water partition coefficient (Wildman–Crippen LogP) is 4.41. The highest BCUT2D eigenvalue weighted by atomic mass is 127. The lowest BCUT2D eigenvalue weighted by atomic mass is 9.86. The number of pyridine rings is 1. The van der Waals surface area contributed by atoms with Gasteiger partial charge in [-0.1, -0.05) is 45.0 Å². The van der Waals surface area contributed by atoms with Crippen LogP contribution in [0.4, 0.5) is 0 Å². The van der Waals surface area contributed by atoms with Gasteiger partial charge in [0.1, 0.15) is 0 Å². The second kappa shape index (κ2) is 6.04. The van der Waals surface area contributed by atoms with Crippen LogP contribution in [0, 0.1) is 3.57 Å². The molecule has 3 heteroatoms. The molecule has 1 heterocycles. The fourth-order valence-corrected chi connectivity index (χ4v) is 2.51. The molecule has 0 N–H and O–H groups in total. The van der Waals surface area contributed by atoms with Crippen molar-refractivity contribution in [3.63, 3.8) is 0 Å². The third kappa shape index (κ3) is 3.66. The molecule has 0 radical (unpaired) electrons. The lowest BCUT2D eigenvalue weighted by molar-refractivity contribution is 0.0992. The van der Waals surface area contributed by atoms with Crippen molar-refractivity contribution in [3.8, 4) is 0 Å². The summed E-state index contributed by atoms with van der Waals surface area (Å²) in [5.41, 5.74) is 3.16. The van der Waals surface area contributed by atoms with E-state index in [1.807, 2.05) is 30.3 Å². The first kappa shape index (κ1) is 15.2. The molecule has 1 aromatic heterocycles. The molecule has 2 nitrogen and oxygen atoms in total. The Labute approximate surface area is 133 Å². The van der Waals surface area contributed by atoms with Crippen LogP contribution in [0.2, 0.25) is 0 Å². The van der Waals surface area contributed by atoms with E-state index >= 15 is 0 Å². The molecule has 2 aromatic rings. The van der Waals surface area contributed by atoms with Crippen LogP contribution < -0.4 is 0 Å². The first-order valence-corrected chi connectivity index (χ1v) is 7.68. The van der Waals surface area contributed by atoms with Gasteiger partial charge in [0.15, 0.2) is 5.78 Å². The minimum Gasteiger partial charge on any atom is -0.294 e. The summed E-state index contributed by atoms with van der Waals surface area (Å²) < 4.78 is 1.03. The van der Waals surface area contributed by atoms with Crippen LogP contribution in [0.25, 0.3) is 0 Å². The number of benzene rings is 1. The van der Waals surface area contributed by atoms with Crippen LogP contribution in [0.15, 0.2) is 42.7 Å². The summed E-state index contributed by atoms with van der Waals surface area (Å²) in [6, 6.07) is 9.85. The maximum Gasteiger partial charge on any atom is 0.167 e. The van der Waals surface area contributed by atoms with E-state index in [9.17, 15) is 4.79 Å². The first-order chi connectivity index (χ1) is 9.38. The number of ketones is 1. The van der Waals surface area contributed by atoms with Crippen molar-refractivity contribution in [2.45, 2.75) is 32.6 Å². The zero-order valence-electron chi connectivity index (χ0n) is 12.0. The summed E-state index contributed by atoms with van der Waals surface area (Å²) in [5.74, 6) is 0.148. The average molecular weight is 379 g/mol. The third-order valence-corrected chi connectivity index (χ3v) is 4.25. The van der Waals surface area contributed by atoms with Crippen LogP contribution in [0.5, 0.6) is 0 Å². The van der Waals surface area contributed by atoms with Gasteiger partial charge in [-0.15, -0.1) is 0 Å². The van der Waals surface area contributed by atoms with Crippen LogP contribution in [0.3, 0.4) is 0 Å². The van der Waals surface area contributed by atoms with Crippen molar-refractivity contribution in [2.24, 2.45) is 0 Å². The number of hydrogen-bond donors (Lipinski definition) is 0. The normalized spacial score (nSPS) is 11.4. The van der Waals surface area contributed by atoms with Gasteiger partial charge in [0, 0.05) is 27.9 Å². The lowest BCUT2D eigenvalue weighted by Crippen LogP contribution is -2.11. The molecule has 2 rings (SSSR count). The topological polar surface area (TPSA) is 30.0 Å². The van der Waals surface area contributed by atoms with Crippen LogP contribution in [0.1, 0.15) is 42.3 Å². The van der Waals surface area contributed by atoms with E-state index in [4.69, 9.17) is 0 Å². The van der Waals surface area contributed by atoms with Crippen LogP contribution in [-0.4, -0.2) is 10.8 Å². The van der Waals surface area contributed by atoms with E-state index < -0.39 is 0 Å². The van der Waals surface area contributed by atoms with E-state index in [2.05, 4.69) is 48.3 Å². The van der Waals surface area contributed by atoms with Gasteiger partial charge in [-0.05, 0) is 45.2 Å². The Morgan fingerprint density at radius 1 is 1.15 bits per heavy atom. The van der Waals surface area contributed by atoms with Gasteiger partial charge in [-0.3, -0.25) is 9.78 Å². The molecular weight excluding hydrogens is 361 g/mol. The second-order valence-corrected chi connectivity index (χ2v) is 7.06. The molecule has 0 amide bonds. The highest BCUT2D eigenvalue weighted by Crippen LogP contribution is 2.22. The molecular formula is C17H18INO. The molecule has 0 aliphatic carbocycles. The van der Waals surface area contributed by atoms with Crippen molar-refractivity contribution >= 4 is 28.4 Å². The van der Waals surface area contributed by atoms with Crippen molar-refractivity contribution in [3.05, 3.63) is 63.0 Å². The molecule has 1 aromatic carbocycles. The van der Waals surface area contributed by atoms with Crippen LogP contribution >= 0.6 is 22.6 Å². The minimum absolute atomic E-state index is 0.113. The number of Topliss-reactive ketones (excluding diaryl/α,β-unsaturated/α-hetero) is 1. The first-order valence-electron chi connectivity index (χ1n) is 6.60. The summed E-state index contributed by atoms with van der Waals surface area (Å²) in [7, 11) is 0. The zero-order valence-corrected chi connectivity index (χ0v) is 14.1. The Morgan fingerprint density at radius 2 is 1.80 bits per heavy atom.